The van der Waals surface area contributed by atoms with Crippen molar-refractivity contribution in [2.24, 2.45) is 5.92 Å². The van der Waals surface area contributed by atoms with Crippen LogP contribution < -0.4 is 16.0 Å². The Kier molecular flexibility index (Phi) is 6.77. The maximum Gasteiger partial charge on any atom is 0.319 e. The van der Waals surface area contributed by atoms with Crippen LogP contribution in [0.2, 0.25) is 5.02 Å². The van der Waals surface area contributed by atoms with Gasteiger partial charge in [-0.1, -0.05) is 31.5 Å². The minimum atomic E-state index is -0.364. The lowest BCUT2D eigenvalue weighted by Crippen LogP contribution is -2.29. The van der Waals surface area contributed by atoms with Crippen molar-refractivity contribution in [3.05, 3.63) is 58.9 Å². The highest BCUT2D eigenvalue weighted by Gasteiger charge is 2.12. The highest BCUT2D eigenvalue weighted by atomic mass is 35.5. The Morgan fingerprint density at radius 1 is 1.20 bits per heavy atom. The molecule has 6 nitrogen and oxygen atoms in total. The second-order valence-corrected chi connectivity index (χ2v) is 6.37. The number of urea groups is 1. The number of amides is 3. The van der Waals surface area contributed by atoms with E-state index in [1.165, 1.54) is 0 Å². The summed E-state index contributed by atoms with van der Waals surface area (Å²) in [6, 6.07) is 8.09. The molecule has 1 heterocycles. The van der Waals surface area contributed by atoms with E-state index in [9.17, 15) is 9.59 Å². The summed E-state index contributed by atoms with van der Waals surface area (Å²) >= 11 is 6.16. The van der Waals surface area contributed by atoms with Gasteiger partial charge in [-0.3, -0.25) is 9.78 Å². The zero-order valence-corrected chi connectivity index (χ0v) is 14.9. The van der Waals surface area contributed by atoms with E-state index < -0.39 is 0 Å². The van der Waals surface area contributed by atoms with Crippen molar-refractivity contribution in [2.45, 2.75) is 20.4 Å². The van der Waals surface area contributed by atoms with Crippen LogP contribution in [-0.2, 0) is 6.54 Å². The van der Waals surface area contributed by atoms with Crippen LogP contribution in [0.25, 0.3) is 0 Å². The summed E-state index contributed by atoms with van der Waals surface area (Å²) in [5.74, 6) is 0.124. The Morgan fingerprint density at radius 3 is 2.64 bits per heavy atom. The number of hydrogen-bond acceptors (Lipinski definition) is 3. The lowest BCUT2D eigenvalue weighted by molar-refractivity contribution is 0.0949. The van der Waals surface area contributed by atoms with E-state index >= 15 is 0 Å². The van der Waals surface area contributed by atoms with Crippen molar-refractivity contribution >= 4 is 29.2 Å². The minimum Gasteiger partial charge on any atom is -0.352 e. The molecule has 3 N–H and O–H groups in total. The molecule has 25 heavy (non-hydrogen) atoms. The van der Waals surface area contributed by atoms with E-state index in [1.54, 1.807) is 36.7 Å². The van der Waals surface area contributed by atoms with E-state index in [4.69, 9.17) is 11.6 Å². The summed E-state index contributed by atoms with van der Waals surface area (Å²) in [7, 11) is 0. The molecule has 3 amide bonds. The number of pyridine rings is 1. The lowest BCUT2D eigenvalue weighted by Gasteiger charge is -2.11. The van der Waals surface area contributed by atoms with Crippen molar-refractivity contribution in [2.75, 3.05) is 11.9 Å². The number of rotatable bonds is 6. The Morgan fingerprint density at radius 2 is 2.00 bits per heavy atom. The molecule has 0 saturated carbocycles. The first-order valence-corrected chi connectivity index (χ1v) is 8.35. The average molecular weight is 361 g/mol. The monoisotopic (exact) mass is 360 g/mol. The number of aromatic nitrogens is 1. The largest absolute Gasteiger partial charge is 0.352 e. The van der Waals surface area contributed by atoms with Gasteiger partial charge in [-0.25, -0.2) is 4.79 Å². The molecule has 0 radical (unpaired) electrons. The molecule has 0 fully saturated rings. The fourth-order valence-corrected chi connectivity index (χ4v) is 2.30. The van der Waals surface area contributed by atoms with Gasteiger partial charge in [0, 0.05) is 31.2 Å². The van der Waals surface area contributed by atoms with Crippen molar-refractivity contribution < 1.29 is 9.59 Å². The quantitative estimate of drug-likeness (QED) is 0.737. The van der Waals surface area contributed by atoms with Gasteiger partial charge in [0.1, 0.15) is 0 Å². The molecule has 0 atom stereocenters. The molecule has 2 aromatic rings. The fourth-order valence-electron chi connectivity index (χ4n) is 2.03. The first-order chi connectivity index (χ1) is 12.0. The van der Waals surface area contributed by atoms with Gasteiger partial charge >= 0.3 is 6.03 Å². The molecule has 132 valence electrons. The molecule has 1 aromatic carbocycles. The molecule has 7 heteroatoms. The van der Waals surface area contributed by atoms with Crippen molar-refractivity contribution in [3.8, 4) is 0 Å². The number of hydrogen-bond donors (Lipinski definition) is 3. The highest BCUT2D eigenvalue weighted by Crippen LogP contribution is 2.21. The fraction of sp³-hybridized carbons (Fsp3) is 0.278. The summed E-state index contributed by atoms with van der Waals surface area (Å²) in [5.41, 5.74) is 1.78. The molecule has 0 aliphatic heterocycles. The van der Waals surface area contributed by atoms with E-state index in [2.05, 4.69) is 20.9 Å². The van der Waals surface area contributed by atoms with Gasteiger partial charge in [0.05, 0.1) is 10.6 Å². The van der Waals surface area contributed by atoms with Crippen molar-refractivity contribution in [1.29, 1.82) is 0 Å². The number of benzene rings is 1. The predicted molar refractivity (Wildman–Crippen MR) is 98.7 cm³/mol. The van der Waals surface area contributed by atoms with Crippen LogP contribution in [0.15, 0.2) is 42.7 Å². The molecule has 0 aliphatic rings. The van der Waals surface area contributed by atoms with Crippen LogP contribution in [0.4, 0.5) is 10.5 Å². The highest BCUT2D eigenvalue weighted by molar-refractivity contribution is 6.34. The van der Waals surface area contributed by atoms with Crippen LogP contribution in [0.5, 0.6) is 0 Å². The van der Waals surface area contributed by atoms with E-state index in [0.29, 0.717) is 30.3 Å². The third kappa shape index (κ3) is 6.08. The Bertz CT molecular complexity index is 735. The maximum absolute atomic E-state index is 12.1. The van der Waals surface area contributed by atoms with Crippen LogP contribution >= 0.6 is 11.6 Å². The normalized spacial score (nSPS) is 10.4. The standard InChI is InChI=1S/C18H21ClN4O2/c1-12(2)9-21-17(24)15-6-5-14(8-16(15)19)23-18(25)22-11-13-4-3-7-20-10-13/h3-8,10,12H,9,11H2,1-2H3,(H,21,24)(H2,22,23,25). The first-order valence-electron chi connectivity index (χ1n) is 7.97. The van der Waals surface area contributed by atoms with Crippen LogP contribution in [0.1, 0.15) is 29.8 Å². The van der Waals surface area contributed by atoms with Gasteiger partial charge in [0.2, 0.25) is 0 Å². The number of nitrogens with one attached hydrogen (secondary N) is 3. The van der Waals surface area contributed by atoms with Crippen molar-refractivity contribution in [3.63, 3.8) is 0 Å². The summed E-state index contributed by atoms with van der Waals surface area (Å²) in [6.45, 7) is 4.97. The third-order valence-corrected chi connectivity index (χ3v) is 3.63. The smallest absolute Gasteiger partial charge is 0.319 e. The number of carbonyl (C=O) groups excluding carboxylic acids is 2. The molecule has 0 bridgehead atoms. The van der Waals surface area contributed by atoms with Gasteiger partial charge < -0.3 is 16.0 Å². The number of nitrogens with zero attached hydrogens (tertiary/aromatic N) is 1. The van der Waals surface area contributed by atoms with Crippen LogP contribution in [0, 0.1) is 5.92 Å². The summed E-state index contributed by atoms with van der Waals surface area (Å²) in [5, 5.41) is 8.50. The molecule has 0 saturated heterocycles. The van der Waals surface area contributed by atoms with E-state index in [1.807, 2.05) is 19.9 Å². The molecule has 0 spiro atoms. The van der Waals surface area contributed by atoms with Gasteiger partial charge in [0.25, 0.3) is 5.91 Å². The summed E-state index contributed by atoms with van der Waals surface area (Å²) in [6.07, 6.45) is 3.35. The Labute approximate surface area is 152 Å². The van der Waals surface area contributed by atoms with E-state index in [0.717, 1.165) is 5.56 Å². The van der Waals surface area contributed by atoms with Gasteiger partial charge in [-0.2, -0.15) is 0 Å². The third-order valence-electron chi connectivity index (χ3n) is 3.32. The minimum absolute atomic E-state index is 0.230. The molecule has 2 rings (SSSR count). The topological polar surface area (TPSA) is 83.1 Å². The zero-order valence-electron chi connectivity index (χ0n) is 14.2. The Hall–Kier alpha value is -2.60. The maximum atomic E-state index is 12.1. The average Bonchev–Trinajstić information content (AvgIpc) is 2.59. The SMILES string of the molecule is CC(C)CNC(=O)c1ccc(NC(=O)NCc2cccnc2)cc1Cl. The van der Waals surface area contributed by atoms with E-state index in [-0.39, 0.29) is 17.0 Å². The molecule has 0 unspecified atom stereocenters. The van der Waals surface area contributed by atoms with Crippen LogP contribution in [-0.4, -0.2) is 23.5 Å². The van der Waals surface area contributed by atoms with Crippen LogP contribution in [0.3, 0.4) is 0 Å². The second kappa shape index (κ2) is 9.03. The first kappa shape index (κ1) is 18.7. The number of anilines is 1. The number of halogens is 1. The molecule has 1 aromatic heterocycles. The molecular formula is C18H21ClN4O2. The van der Waals surface area contributed by atoms with Crippen molar-refractivity contribution in [1.82, 2.24) is 15.6 Å². The lowest BCUT2D eigenvalue weighted by atomic mass is 10.1. The molecular weight excluding hydrogens is 340 g/mol. The van der Waals surface area contributed by atoms with Gasteiger partial charge in [-0.15, -0.1) is 0 Å². The number of carbonyl (C=O) groups is 2. The Balaban J connectivity index is 1.91. The molecule has 0 aliphatic carbocycles. The summed E-state index contributed by atoms with van der Waals surface area (Å²) < 4.78 is 0. The van der Waals surface area contributed by atoms with Gasteiger partial charge in [-0.05, 0) is 35.7 Å². The summed E-state index contributed by atoms with van der Waals surface area (Å²) in [4.78, 5) is 28.0. The predicted octanol–water partition coefficient (Wildman–Crippen LogP) is 3.44. The van der Waals surface area contributed by atoms with Gasteiger partial charge in [0.15, 0.2) is 0 Å². The zero-order chi connectivity index (χ0) is 18.2. The second-order valence-electron chi connectivity index (χ2n) is 5.97.